The van der Waals surface area contributed by atoms with E-state index in [1.165, 1.54) is 12.8 Å². The minimum Gasteiger partial charge on any atom is -0.378 e. The second-order valence-electron chi connectivity index (χ2n) is 5.16. The second kappa shape index (κ2) is 6.01. The molecule has 1 aromatic carbocycles. The lowest BCUT2D eigenvalue weighted by molar-refractivity contribution is 0.0969. The first-order valence-corrected chi connectivity index (χ1v) is 6.70. The molecule has 1 aromatic rings. The molecule has 0 bridgehead atoms. The Morgan fingerprint density at radius 3 is 2.33 bits per heavy atom. The summed E-state index contributed by atoms with van der Waals surface area (Å²) >= 11 is 0. The van der Waals surface area contributed by atoms with Crippen LogP contribution in [0, 0.1) is 0 Å². The van der Waals surface area contributed by atoms with Crippen molar-refractivity contribution in [2.45, 2.75) is 19.3 Å². The molecule has 0 saturated carbocycles. The molecule has 3 nitrogen and oxygen atoms in total. The van der Waals surface area contributed by atoms with Crippen molar-refractivity contribution in [2.24, 2.45) is 0 Å². The van der Waals surface area contributed by atoms with Gasteiger partial charge in [-0.1, -0.05) is 0 Å². The van der Waals surface area contributed by atoms with Crippen LogP contribution in [0.5, 0.6) is 0 Å². The van der Waals surface area contributed by atoms with E-state index >= 15 is 0 Å². The Bertz CT molecular complexity index is 391. The number of carbonyl (C=O) groups is 1. The molecule has 1 saturated heterocycles. The molecule has 0 N–H and O–H groups in total. The third-order valence-corrected chi connectivity index (χ3v) is 3.56. The van der Waals surface area contributed by atoms with Gasteiger partial charge in [0.1, 0.15) is 0 Å². The number of hydrogen-bond donors (Lipinski definition) is 0. The van der Waals surface area contributed by atoms with Crippen LogP contribution >= 0.6 is 0 Å². The highest BCUT2D eigenvalue weighted by molar-refractivity contribution is 5.96. The van der Waals surface area contributed by atoms with Gasteiger partial charge in [0.25, 0.3) is 0 Å². The number of Topliss-reactive ketones (excluding diaryl/α,β-unsaturated/α-hetero) is 1. The second-order valence-corrected chi connectivity index (χ2v) is 5.16. The number of rotatable bonds is 5. The van der Waals surface area contributed by atoms with Crippen LogP contribution in [0.4, 0.5) is 5.69 Å². The van der Waals surface area contributed by atoms with Gasteiger partial charge >= 0.3 is 0 Å². The Labute approximate surface area is 109 Å². The summed E-state index contributed by atoms with van der Waals surface area (Å²) in [5.74, 6) is 0.257. The zero-order valence-corrected chi connectivity index (χ0v) is 11.4. The van der Waals surface area contributed by atoms with E-state index in [-0.39, 0.29) is 5.78 Å². The van der Waals surface area contributed by atoms with Gasteiger partial charge in [0.05, 0.1) is 0 Å². The highest BCUT2D eigenvalue weighted by Gasteiger charge is 2.13. The average molecular weight is 246 g/mol. The lowest BCUT2D eigenvalue weighted by atomic mass is 10.1. The van der Waals surface area contributed by atoms with Crippen LogP contribution in [0.25, 0.3) is 0 Å². The topological polar surface area (TPSA) is 23.6 Å². The minimum absolute atomic E-state index is 0.257. The standard InChI is InChI=1S/C15H22N2O/c1-16(2)14-7-5-13(6-8-14)15(18)9-12-17-10-3-4-11-17/h5-8H,3-4,9-12H2,1-2H3. The molecule has 1 fully saturated rings. The molecule has 1 heterocycles. The summed E-state index contributed by atoms with van der Waals surface area (Å²) in [7, 11) is 4.01. The first-order chi connectivity index (χ1) is 8.66. The minimum atomic E-state index is 0.257. The van der Waals surface area contributed by atoms with Crippen LogP contribution < -0.4 is 4.90 Å². The molecular formula is C15H22N2O. The van der Waals surface area contributed by atoms with E-state index in [9.17, 15) is 4.79 Å². The van der Waals surface area contributed by atoms with Crippen molar-refractivity contribution in [1.29, 1.82) is 0 Å². The fraction of sp³-hybridized carbons (Fsp3) is 0.533. The fourth-order valence-corrected chi connectivity index (χ4v) is 2.36. The van der Waals surface area contributed by atoms with Crippen LogP contribution in [0.2, 0.25) is 0 Å². The van der Waals surface area contributed by atoms with E-state index < -0.39 is 0 Å². The van der Waals surface area contributed by atoms with Crippen LogP contribution in [-0.4, -0.2) is 44.4 Å². The van der Waals surface area contributed by atoms with Crippen molar-refractivity contribution >= 4 is 11.5 Å². The Balaban J connectivity index is 1.87. The van der Waals surface area contributed by atoms with Crippen molar-refractivity contribution in [3.8, 4) is 0 Å². The predicted molar refractivity (Wildman–Crippen MR) is 75.4 cm³/mol. The van der Waals surface area contributed by atoms with Gasteiger partial charge in [-0.3, -0.25) is 4.79 Å². The van der Waals surface area contributed by atoms with Crippen LogP contribution in [0.1, 0.15) is 29.6 Å². The van der Waals surface area contributed by atoms with Gasteiger partial charge in [0, 0.05) is 38.3 Å². The number of hydrogen-bond acceptors (Lipinski definition) is 3. The molecule has 0 amide bonds. The Hall–Kier alpha value is -1.35. The molecule has 18 heavy (non-hydrogen) atoms. The first kappa shape index (κ1) is 13.1. The lowest BCUT2D eigenvalue weighted by Crippen LogP contribution is -2.22. The van der Waals surface area contributed by atoms with E-state index in [2.05, 4.69) is 4.90 Å². The monoisotopic (exact) mass is 246 g/mol. The summed E-state index contributed by atoms with van der Waals surface area (Å²) in [6, 6.07) is 7.87. The molecule has 0 spiro atoms. The maximum atomic E-state index is 12.0. The van der Waals surface area contributed by atoms with Gasteiger partial charge in [0.2, 0.25) is 0 Å². The average Bonchev–Trinajstić information content (AvgIpc) is 2.89. The van der Waals surface area contributed by atoms with Gasteiger partial charge in [-0.2, -0.15) is 0 Å². The SMILES string of the molecule is CN(C)c1ccc(C(=O)CCN2CCCC2)cc1. The highest BCUT2D eigenvalue weighted by Crippen LogP contribution is 2.14. The fourth-order valence-electron chi connectivity index (χ4n) is 2.36. The van der Waals surface area contributed by atoms with Crippen LogP contribution in [0.15, 0.2) is 24.3 Å². The van der Waals surface area contributed by atoms with E-state index in [0.717, 1.165) is 30.9 Å². The number of benzene rings is 1. The molecule has 3 heteroatoms. The smallest absolute Gasteiger partial charge is 0.164 e. The maximum absolute atomic E-state index is 12.0. The van der Waals surface area contributed by atoms with Crippen LogP contribution in [0.3, 0.4) is 0 Å². The number of ketones is 1. The molecule has 98 valence electrons. The van der Waals surface area contributed by atoms with Crippen LogP contribution in [-0.2, 0) is 0 Å². The summed E-state index contributed by atoms with van der Waals surface area (Å²) in [5.41, 5.74) is 1.96. The molecule has 0 radical (unpaired) electrons. The summed E-state index contributed by atoms with van der Waals surface area (Å²) < 4.78 is 0. The number of anilines is 1. The van der Waals surface area contributed by atoms with Gasteiger partial charge in [-0.15, -0.1) is 0 Å². The zero-order valence-electron chi connectivity index (χ0n) is 11.4. The Morgan fingerprint density at radius 2 is 1.78 bits per heavy atom. The largest absolute Gasteiger partial charge is 0.378 e. The molecule has 0 aliphatic carbocycles. The molecular weight excluding hydrogens is 224 g/mol. The molecule has 1 aliphatic rings. The summed E-state index contributed by atoms with van der Waals surface area (Å²) in [6.45, 7) is 3.23. The van der Waals surface area contributed by atoms with Gasteiger partial charge < -0.3 is 9.80 Å². The number of likely N-dealkylation sites (tertiary alicyclic amines) is 1. The molecule has 0 unspecified atom stereocenters. The lowest BCUT2D eigenvalue weighted by Gasteiger charge is -2.14. The van der Waals surface area contributed by atoms with Crippen molar-refractivity contribution in [2.75, 3.05) is 38.6 Å². The van der Waals surface area contributed by atoms with Gasteiger partial charge in [-0.05, 0) is 50.2 Å². The van der Waals surface area contributed by atoms with Gasteiger partial charge in [-0.25, -0.2) is 0 Å². The van der Waals surface area contributed by atoms with Gasteiger partial charge in [0.15, 0.2) is 5.78 Å². The van der Waals surface area contributed by atoms with E-state index in [1.54, 1.807) is 0 Å². The third-order valence-electron chi connectivity index (χ3n) is 3.56. The Kier molecular flexibility index (Phi) is 4.37. The van der Waals surface area contributed by atoms with Crippen molar-refractivity contribution in [1.82, 2.24) is 4.90 Å². The van der Waals surface area contributed by atoms with E-state index in [4.69, 9.17) is 0 Å². The summed E-state index contributed by atoms with van der Waals surface area (Å²) in [4.78, 5) is 16.5. The van der Waals surface area contributed by atoms with Crippen molar-refractivity contribution in [3.63, 3.8) is 0 Å². The maximum Gasteiger partial charge on any atom is 0.164 e. The third kappa shape index (κ3) is 3.33. The quantitative estimate of drug-likeness (QED) is 0.745. The number of nitrogens with zero attached hydrogens (tertiary/aromatic N) is 2. The van der Waals surface area contributed by atoms with Crippen molar-refractivity contribution < 1.29 is 4.79 Å². The number of carbonyl (C=O) groups excluding carboxylic acids is 1. The Morgan fingerprint density at radius 1 is 1.17 bits per heavy atom. The molecule has 2 rings (SSSR count). The summed E-state index contributed by atoms with van der Waals surface area (Å²) in [6.07, 6.45) is 3.21. The zero-order chi connectivity index (χ0) is 13.0. The van der Waals surface area contributed by atoms with E-state index in [0.29, 0.717) is 6.42 Å². The highest BCUT2D eigenvalue weighted by atomic mass is 16.1. The molecule has 0 aromatic heterocycles. The van der Waals surface area contributed by atoms with Crippen molar-refractivity contribution in [3.05, 3.63) is 29.8 Å². The molecule has 0 atom stereocenters. The summed E-state index contributed by atoms with van der Waals surface area (Å²) in [5, 5.41) is 0. The van der Waals surface area contributed by atoms with E-state index in [1.807, 2.05) is 43.3 Å². The normalized spacial score (nSPS) is 15.9. The predicted octanol–water partition coefficient (Wildman–Crippen LogP) is 2.42. The first-order valence-electron chi connectivity index (χ1n) is 6.70. The molecule has 1 aliphatic heterocycles.